The summed E-state index contributed by atoms with van der Waals surface area (Å²) < 4.78 is 10.3. The zero-order chi connectivity index (χ0) is 16.8. The maximum absolute atomic E-state index is 12.0. The molecule has 126 valence electrons. The molecule has 8 heteroatoms. The van der Waals surface area contributed by atoms with Crippen molar-refractivity contribution in [2.45, 2.75) is 32.4 Å². The molecule has 0 saturated carbocycles. The van der Waals surface area contributed by atoms with Crippen molar-refractivity contribution in [3.8, 4) is 0 Å². The first-order chi connectivity index (χ1) is 10.3. The monoisotopic (exact) mass is 332 g/mol. The van der Waals surface area contributed by atoms with Crippen LogP contribution in [0.2, 0.25) is 0 Å². The Labute approximate surface area is 135 Å². The Balaban J connectivity index is 2.52. The van der Waals surface area contributed by atoms with E-state index in [-0.39, 0.29) is 13.1 Å². The molecule has 1 fully saturated rings. The van der Waals surface area contributed by atoms with E-state index in [2.05, 4.69) is 5.32 Å². The Bertz CT molecular complexity index is 411. The van der Waals surface area contributed by atoms with Crippen LogP contribution in [0.15, 0.2) is 0 Å². The normalized spacial score (nSPS) is 21.4. The largest absolute Gasteiger partial charge is 0.449 e. The van der Waals surface area contributed by atoms with Crippen molar-refractivity contribution in [1.29, 1.82) is 0 Å². The highest BCUT2D eigenvalue weighted by Crippen LogP contribution is 2.19. The van der Waals surface area contributed by atoms with Crippen LogP contribution in [0.3, 0.4) is 0 Å². The van der Waals surface area contributed by atoms with Gasteiger partial charge in [-0.3, -0.25) is 0 Å². The third-order valence-corrected chi connectivity index (χ3v) is 3.59. The fourth-order valence-corrected chi connectivity index (χ4v) is 2.26. The minimum absolute atomic E-state index is 0.230. The van der Waals surface area contributed by atoms with Gasteiger partial charge in [0.1, 0.15) is 18.5 Å². The lowest BCUT2D eigenvalue weighted by Crippen LogP contribution is -2.42. The quantitative estimate of drug-likeness (QED) is 0.607. The predicted molar refractivity (Wildman–Crippen MR) is 84.0 cm³/mol. The summed E-state index contributed by atoms with van der Waals surface area (Å²) >= 11 is 1.57. The van der Waals surface area contributed by atoms with Crippen molar-refractivity contribution >= 4 is 30.2 Å². The molecule has 1 rings (SSSR count). The molecule has 0 aromatic heterocycles. The molecule has 0 aromatic rings. The fraction of sp³-hybridized carbons (Fsp3) is 0.786. The highest BCUT2D eigenvalue weighted by atomic mass is 32.2. The van der Waals surface area contributed by atoms with E-state index in [0.717, 1.165) is 6.29 Å². The van der Waals surface area contributed by atoms with Crippen LogP contribution in [0.4, 0.5) is 9.59 Å². The fourth-order valence-electron chi connectivity index (χ4n) is 2.01. The minimum atomic E-state index is -0.601. The molecular formula is C14H24N2O5S. The first kappa shape index (κ1) is 18.6. The number of carbonyl (C=O) groups excluding carboxylic acids is 3. The van der Waals surface area contributed by atoms with Crippen LogP contribution in [0.5, 0.6) is 0 Å². The maximum Gasteiger partial charge on any atom is 0.410 e. The molecule has 1 N–H and O–H groups in total. The van der Waals surface area contributed by atoms with Crippen LogP contribution in [0, 0.1) is 5.92 Å². The van der Waals surface area contributed by atoms with Crippen molar-refractivity contribution in [2.24, 2.45) is 5.92 Å². The van der Waals surface area contributed by atoms with Crippen molar-refractivity contribution in [3.05, 3.63) is 0 Å². The van der Waals surface area contributed by atoms with E-state index in [4.69, 9.17) is 9.47 Å². The van der Waals surface area contributed by atoms with Gasteiger partial charge in [0.15, 0.2) is 0 Å². The SMILES string of the molecule is CSCCOC(=O)NC1CN(C(=O)OC(C)(C)C)CC1C=O. The van der Waals surface area contributed by atoms with Crippen LogP contribution in [-0.2, 0) is 14.3 Å². The number of hydrogen-bond acceptors (Lipinski definition) is 6. The summed E-state index contributed by atoms with van der Waals surface area (Å²) in [5.41, 5.74) is -0.601. The van der Waals surface area contributed by atoms with Crippen LogP contribution in [0.25, 0.3) is 0 Å². The third-order valence-electron chi connectivity index (χ3n) is 3.02. The second kappa shape index (κ2) is 8.26. The Morgan fingerprint density at radius 3 is 2.59 bits per heavy atom. The second-order valence-corrected chi connectivity index (χ2v) is 7.05. The third kappa shape index (κ3) is 6.13. The van der Waals surface area contributed by atoms with Gasteiger partial charge in [0, 0.05) is 18.8 Å². The number of nitrogens with zero attached hydrogens (tertiary/aromatic N) is 1. The lowest BCUT2D eigenvalue weighted by molar-refractivity contribution is -0.111. The van der Waals surface area contributed by atoms with Crippen LogP contribution >= 0.6 is 11.8 Å². The van der Waals surface area contributed by atoms with E-state index in [1.54, 1.807) is 32.5 Å². The average molecular weight is 332 g/mol. The molecule has 0 spiro atoms. The van der Waals surface area contributed by atoms with Gasteiger partial charge in [0.05, 0.1) is 12.0 Å². The van der Waals surface area contributed by atoms with E-state index in [1.165, 1.54) is 4.90 Å². The highest BCUT2D eigenvalue weighted by Gasteiger charge is 2.38. The number of aldehydes is 1. The van der Waals surface area contributed by atoms with Gasteiger partial charge in [-0.05, 0) is 27.0 Å². The second-order valence-electron chi connectivity index (χ2n) is 6.06. The first-order valence-electron chi connectivity index (χ1n) is 7.12. The lowest BCUT2D eigenvalue weighted by atomic mass is 10.1. The Morgan fingerprint density at radius 1 is 1.36 bits per heavy atom. The summed E-state index contributed by atoms with van der Waals surface area (Å²) in [4.78, 5) is 36.2. The number of nitrogens with one attached hydrogen (secondary N) is 1. The number of carbonyl (C=O) groups is 3. The van der Waals surface area contributed by atoms with Gasteiger partial charge < -0.3 is 24.5 Å². The average Bonchev–Trinajstić information content (AvgIpc) is 2.80. The molecule has 0 bridgehead atoms. The van der Waals surface area contributed by atoms with E-state index in [0.29, 0.717) is 12.4 Å². The van der Waals surface area contributed by atoms with Gasteiger partial charge in [0.2, 0.25) is 0 Å². The number of alkyl carbamates (subject to hydrolysis) is 1. The van der Waals surface area contributed by atoms with Gasteiger partial charge in [-0.1, -0.05) is 0 Å². The number of likely N-dealkylation sites (tertiary alicyclic amines) is 1. The molecule has 1 aliphatic heterocycles. The predicted octanol–water partition coefficient (Wildman–Crippen LogP) is 1.51. The van der Waals surface area contributed by atoms with Crippen molar-refractivity contribution in [2.75, 3.05) is 31.7 Å². The van der Waals surface area contributed by atoms with Gasteiger partial charge >= 0.3 is 12.2 Å². The maximum atomic E-state index is 12.0. The van der Waals surface area contributed by atoms with Gasteiger partial charge in [-0.25, -0.2) is 9.59 Å². The summed E-state index contributed by atoms with van der Waals surface area (Å²) in [7, 11) is 0. The highest BCUT2D eigenvalue weighted by molar-refractivity contribution is 7.98. The molecule has 7 nitrogen and oxygen atoms in total. The van der Waals surface area contributed by atoms with Crippen molar-refractivity contribution < 1.29 is 23.9 Å². The first-order valence-corrected chi connectivity index (χ1v) is 8.51. The standard InChI is InChI=1S/C14H24N2O5S/c1-14(2,3)21-13(19)16-7-10(9-17)11(8-16)15-12(18)20-5-6-22-4/h9-11H,5-8H2,1-4H3,(H,15,18). The Hall–Kier alpha value is -1.44. The Kier molecular flexibility index (Phi) is 6.99. The number of amides is 2. The summed E-state index contributed by atoms with van der Waals surface area (Å²) in [6, 6.07) is -0.452. The summed E-state index contributed by atoms with van der Waals surface area (Å²) in [6.45, 7) is 6.09. The molecule has 1 heterocycles. The summed E-state index contributed by atoms with van der Waals surface area (Å²) in [5.74, 6) is 0.250. The van der Waals surface area contributed by atoms with Crippen molar-refractivity contribution in [3.63, 3.8) is 0 Å². The molecule has 0 aromatic carbocycles. The van der Waals surface area contributed by atoms with E-state index < -0.39 is 29.7 Å². The van der Waals surface area contributed by atoms with E-state index in [1.807, 2.05) is 6.26 Å². The Morgan fingerprint density at radius 2 is 2.05 bits per heavy atom. The molecule has 0 radical (unpaired) electrons. The van der Waals surface area contributed by atoms with E-state index >= 15 is 0 Å². The lowest BCUT2D eigenvalue weighted by Gasteiger charge is -2.24. The zero-order valence-corrected chi connectivity index (χ0v) is 14.3. The van der Waals surface area contributed by atoms with Crippen LogP contribution in [-0.4, -0.2) is 66.7 Å². The van der Waals surface area contributed by atoms with Crippen LogP contribution < -0.4 is 5.32 Å². The molecule has 1 saturated heterocycles. The zero-order valence-electron chi connectivity index (χ0n) is 13.5. The number of hydrogen-bond donors (Lipinski definition) is 1. The molecule has 2 unspecified atom stereocenters. The summed E-state index contributed by atoms with van der Waals surface area (Å²) in [6.07, 6.45) is 1.60. The van der Waals surface area contributed by atoms with Crippen molar-refractivity contribution in [1.82, 2.24) is 10.2 Å². The number of thioether (sulfide) groups is 1. The van der Waals surface area contributed by atoms with Gasteiger partial charge in [-0.15, -0.1) is 0 Å². The van der Waals surface area contributed by atoms with Gasteiger partial charge in [0.25, 0.3) is 0 Å². The van der Waals surface area contributed by atoms with Gasteiger partial charge in [-0.2, -0.15) is 11.8 Å². The molecule has 0 aliphatic carbocycles. The number of rotatable bonds is 5. The number of ether oxygens (including phenoxy) is 2. The molecule has 22 heavy (non-hydrogen) atoms. The smallest absolute Gasteiger partial charge is 0.410 e. The molecule has 2 atom stereocenters. The molecule has 1 aliphatic rings. The van der Waals surface area contributed by atoms with Crippen LogP contribution in [0.1, 0.15) is 20.8 Å². The minimum Gasteiger partial charge on any atom is -0.449 e. The topological polar surface area (TPSA) is 84.9 Å². The molecule has 2 amide bonds. The van der Waals surface area contributed by atoms with E-state index in [9.17, 15) is 14.4 Å². The molecular weight excluding hydrogens is 308 g/mol. The summed E-state index contributed by atoms with van der Waals surface area (Å²) in [5, 5.41) is 2.64.